The fourth-order valence-corrected chi connectivity index (χ4v) is 2.48. The average Bonchev–Trinajstić information content (AvgIpc) is 2.52. The van der Waals surface area contributed by atoms with Gasteiger partial charge in [-0.3, -0.25) is 4.79 Å². The molecule has 0 aliphatic carbocycles. The molecular formula is C17H30O6. The van der Waals surface area contributed by atoms with E-state index in [2.05, 4.69) is 0 Å². The van der Waals surface area contributed by atoms with Gasteiger partial charge in [0.05, 0.1) is 18.3 Å². The molecule has 0 radical (unpaired) electrons. The van der Waals surface area contributed by atoms with E-state index in [9.17, 15) is 15.0 Å². The lowest BCUT2D eigenvalue weighted by molar-refractivity contribution is -0.208. The van der Waals surface area contributed by atoms with Gasteiger partial charge in [-0.25, -0.2) is 0 Å². The predicted molar refractivity (Wildman–Crippen MR) is 85.8 cm³/mol. The van der Waals surface area contributed by atoms with Crippen molar-refractivity contribution in [3.63, 3.8) is 0 Å². The molecule has 0 spiro atoms. The van der Waals surface area contributed by atoms with Crippen molar-refractivity contribution in [1.82, 2.24) is 0 Å². The van der Waals surface area contributed by atoms with Crippen molar-refractivity contribution in [2.24, 2.45) is 0 Å². The van der Waals surface area contributed by atoms with Crippen molar-refractivity contribution >= 4 is 5.97 Å². The molecule has 1 rings (SSSR count). The maximum Gasteiger partial charge on any atom is 0.302 e. The molecule has 1 aliphatic rings. The van der Waals surface area contributed by atoms with Gasteiger partial charge in [0.25, 0.3) is 0 Å². The first-order valence-corrected chi connectivity index (χ1v) is 8.19. The second-order valence-electron chi connectivity index (χ2n) is 6.43. The van der Waals surface area contributed by atoms with Gasteiger partial charge in [0.1, 0.15) is 6.61 Å². The van der Waals surface area contributed by atoms with Crippen molar-refractivity contribution in [3.8, 4) is 0 Å². The van der Waals surface area contributed by atoms with E-state index in [0.29, 0.717) is 25.9 Å². The smallest absolute Gasteiger partial charge is 0.302 e. The predicted octanol–water partition coefficient (Wildman–Crippen LogP) is 1.93. The van der Waals surface area contributed by atoms with Gasteiger partial charge in [0.2, 0.25) is 0 Å². The molecule has 1 saturated heterocycles. The Morgan fingerprint density at radius 3 is 2.78 bits per heavy atom. The average molecular weight is 330 g/mol. The summed E-state index contributed by atoms with van der Waals surface area (Å²) in [7, 11) is 1.62. The standard InChI is InChI=1S/C17H30O6/c1-14(18)22-13-16(2,20)11-8-15(19)7-6-10-17(21-3)9-4-5-12-23-17/h6,10,15,19-20H,4-5,7-9,11-13H2,1-3H3/b10-6-. The zero-order chi connectivity index (χ0) is 17.3. The van der Waals surface area contributed by atoms with Gasteiger partial charge in [-0.15, -0.1) is 0 Å². The van der Waals surface area contributed by atoms with Crippen molar-refractivity contribution in [3.05, 3.63) is 12.2 Å². The van der Waals surface area contributed by atoms with Gasteiger partial charge < -0.3 is 24.4 Å². The van der Waals surface area contributed by atoms with Crippen LogP contribution < -0.4 is 0 Å². The Morgan fingerprint density at radius 1 is 1.48 bits per heavy atom. The highest BCUT2D eigenvalue weighted by molar-refractivity contribution is 5.65. The number of carbonyl (C=O) groups excluding carboxylic acids is 1. The summed E-state index contributed by atoms with van der Waals surface area (Å²) < 4.78 is 15.9. The zero-order valence-corrected chi connectivity index (χ0v) is 14.4. The number of esters is 1. The van der Waals surface area contributed by atoms with Crippen molar-refractivity contribution in [1.29, 1.82) is 0 Å². The highest BCUT2D eigenvalue weighted by Crippen LogP contribution is 2.27. The monoisotopic (exact) mass is 330 g/mol. The van der Waals surface area contributed by atoms with Gasteiger partial charge >= 0.3 is 5.97 Å². The molecule has 0 bridgehead atoms. The van der Waals surface area contributed by atoms with Crippen LogP contribution in [0.3, 0.4) is 0 Å². The van der Waals surface area contributed by atoms with E-state index in [1.54, 1.807) is 14.0 Å². The van der Waals surface area contributed by atoms with E-state index >= 15 is 0 Å². The molecule has 2 N–H and O–H groups in total. The number of carbonyl (C=O) groups is 1. The minimum atomic E-state index is -1.13. The first kappa shape index (κ1) is 20.1. The van der Waals surface area contributed by atoms with Crippen molar-refractivity contribution in [2.75, 3.05) is 20.3 Å². The normalized spacial score (nSPS) is 26.0. The van der Waals surface area contributed by atoms with E-state index in [1.807, 2.05) is 12.2 Å². The zero-order valence-electron chi connectivity index (χ0n) is 14.4. The molecule has 1 aliphatic heterocycles. The number of ether oxygens (including phenoxy) is 3. The molecule has 0 saturated carbocycles. The molecule has 0 aromatic carbocycles. The first-order valence-electron chi connectivity index (χ1n) is 8.19. The van der Waals surface area contributed by atoms with Crippen LogP contribution in [0.15, 0.2) is 12.2 Å². The second kappa shape index (κ2) is 9.37. The quantitative estimate of drug-likeness (QED) is 0.496. The molecule has 0 aromatic heterocycles. The molecule has 1 fully saturated rings. The third kappa shape index (κ3) is 7.92. The highest BCUT2D eigenvalue weighted by Gasteiger charge is 2.30. The van der Waals surface area contributed by atoms with Gasteiger partial charge in [0, 0.05) is 20.5 Å². The lowest BCUT2D eigenvalue weighted by Crippen LogP contribution is -2.36. The Balaban J connectivity index is 2.34. The SMILES string of the molecule is COC1(/C=C\CC(O)CCC(C)(O)COC(C)=O)CCCCO1. The van der Waals surface area contributed by atoms with Gasteiger partial charge in [-0.05, 0) is 45.1 Å². The molecule has 6 nitrogen and oxygen atoms in total. The number of hydrogen-bond acceptors (Lipinski definition) is 6. The summed E-state index contributed by atoms with van der Waals surface area (Å²) in [6.07, 6.45) is 7.28. The van der Waals surface area contributed by atoms with Crippen molar-refractivity contribution < 1.29 is 29.2 Å². The van der Waals surface area contributed by atoms with Crippen LogP contribution in [0, 0.1) is 0 Å². The number of methoxy groups -OCH3 is 1. The number of aliphatic hydroxyl groups excluding tert-OH is 1. The maximum absolute atomic E-state index is 10.8. The van der Waals surface area contributed by atoms with E-state index < -0.39 is 23.5 Å². The minimum absolute atomic E-state index is 0.0640. The molecule has 6 heteroatoms. The van der Waals surface area contributed by atoms with Crippen LogP contribution in [0.2, 0.25) is 0 Å². The third-order valence-electron chi connectivity index (χ3n) is 3.99. The van der Waals surface area contributed by atoms with Gasteiger partial charge in [-0.2, -0.15) is 0 Å². The van der Waals surface area contributed by atoms with Gasteiger partial charge in [-0.1, -0.05) is 6.08 Å². The maximum atomic E-state index is 10.8. The Hall–Kier alpha value is -0.950. The summed E-state index contributed by atoms with van der Waals surface area (Å²) in [5.74, 6) is -1.09. The minimum Gasteiger partial charge on any atom is -0.463 e. The van der Waals surface area contributed by atoms with Crippen LogP contribution in [0.4, 0.5) is 0 Å². The summed E-state index contributed by atoms with van der Waals surface area (Å²) in [6, 6.07) is 0. The Morgan fingerprint density at radius 2 is 2.22 bits per heavy atom. The van der Waals surface area contributed by atoms with Crippen LogP contribution in [-0.2, 0) is 19.0 Å². The highest BCUT2D eigenvalue weighted by atomic mass is 16.7. The Labute approximate surface area is 138 Å². The Kier molecular flexibility index (Phi) is 8.19. The van der Waals surface area contributed by atoms with Crippen LogP contribution in [0.5, 0.6) is 0 Å². The number of aliphatic hydroxyl groups is 2. The summed E-state index contributed by atoms with van der Waals surface area (Å²) in [5, 5.41) is 20.1. The second-order valence-corrected chi connectivity index (χ2v) is 6.43. The van der Waals surface area contributed by atoms with E-state index in [0.717, 1.165) is 19.3 Å². The number of hydrogen-bond donors (Lipinski definition) is 2. The van der Waals surface area contributed by atoms with Gasteiger partial charge in [0.15, 0.2) is 5.79 Å². The summed E-state index contributed by atoms with van der Waals surface area (Å²) in [4.78, 5) is 10.8. The molecular weight excluding hydrogens is 300 g/mol. The van der Waals surface area contributed by atoms with Crippen molar-refractivity contribution in [2.45, 2.75) is 69.9 Å². The summed E-state index contributed by atoms with van der Waals surface area (Å²) in [5.41, 5.74) is -1.13. The summed E-state index contributed by atoms with van der Waals surface area (Å²) >= 11 is 0. The molecule has 3 atom stereocenters. The topological polar surface area (TPSA) is 85.2 Å². The first-order chi connectivity index (χ1) is 10.8. The number of rotatable bonds is 9. The lowest BCUT2D eigenvalue weighted by atomic mass is 9.97. The van der Waals surface area contributed by atoms with E-state index in [-0.39, 0.29) is 6.61 Å². The molecule has 1 heterocycles. The molecule has 3 unspecified atom stereocenters. The largest absolute Gasteiger partial charge is 0.463 e. The van der Waals surface area contributed by atoms with Crippen LogP contribution in [0.1, 0.15) is 52.4 Å². The molecule has 134 valence electrons. The lowest BCUT2D eigenvalue weighted by Gasteiger charge is -2.33. The van der Waals surface area contributed by atoms with E-state index in [1.165, 1.54) is 6.92 Å². The summed E-state index contributed by atoms with van der Waals surface area (Å²) in [6.45, 7) is 3.51. The van der Waals surface area contributed by atoms with Crippen LogP contribution in [0.25, 0.3) is 0 Å². The Bertz CT molecular complexity index is 385. The van der Waals surface area contributed by atoms with Crippen LogP contribution in [-0.4, -0.2) is 54.0 Å². The molecule has 23 heavy (non-hydrogen) atoms. The molecule has 0 aromatic rings. The van der Waals surface area contributed by atoms with Crippen LogP contribution >= 0.6 is 0 Å². The molecule has 0 amide bonds. The fourth-order valence-electron chi connectivity index (χ4n) is 2.48. The fraction of sp³-hybridized carbons (Fsp3) is 0.824. The van der Waals surface area contributed by atoms with E-state index in [4.69, 9.17) is 14.2 Å². The third-order valence-corrected chi connectivity index (χ3v) is 3.99.